The number of hydrogen-bond donors (Lipinski definition) is 2. The third-order valence-corrected chi connectivity index (χ3v) is 5.68. The zero-order valence-electron chi connectivity index (χ0n) is 16.3. The fourth-order valence-electron chi connectivity index (χ4n) is 3.78. The van der Waals surface area contributed by atoms with E-state index in [0.717, 1.165) is 23.7 Å². The molecule has 1 aliphatic carbocycles. The molecule has 8 heteroatoms. The summed E-state index contributed by atoms with van der Waals surface area (Å²) in [6.45, 7) is 6.67. The van der Waals surface area contributed by atoms with Crippen LogP contribution in [0.4, 0.5) is 8.78 Å². The van der Waals surface area contributed by atoms with E-state index in [2.05, 4.69) is 10.2 Å². The first-order valence-electron chi connectivity index (χ1n) is 9.28. The average molecular weight is 410 g/mol. The number of nitrogens with one attached hydrogen (secondary N) is 1. The van der Waals surface area contributed by atoms with Gasteiger partial charge in [0.1, 0.15) is 11.6 Å². The van der Waals surface area contributed by atoms with Gasteiger partial charge in [-0.15, -0.1) is 0 Å². The van der Waals surface area contributed by atoms with Crippen molar-refractivity contribution in [2.24, 2.45) is 0 Å². The molecule has 2 N–H and O–H groups in total. The number of benzene rings is 1. The summed E-state index contributed by atoms with van der Waals surface area (Å²) in [4.78, 5) is 15.0. The van der Waals surface area contributed by atoms with Gasteiger partial charge in [-0.1, -0.05) is 12.2 Å². The van der Waals surface area contributed by atoms with Crippen LogP contribution in [0.3, 0.4) is 0 Å². The third kappa shape index (κ3) is 4.27. The van der Waals surface area contributed by atoms with Crippen molar-refractivity contribution in [1.82, 2.24) is 15.1 Å². The molecule has 0 saturated heterocycles. The molecule has 0 aromatic heterocycles. The smallest absolute Gasteiger partial charge is 0.363 e. The lowest BCUT2D eigenvalue weighted by atomic mass is 9.87. The summed E-state index contributed by atoms with van der Waals surface area (Å²) in [7, 11) is 0. The molecule has 0 spiro atoms. The van der Waals surface area contributed by atoms with E-state index in [0.29, 0.717) is 31.6 Å². The van der Waals surface area contributed by atoms with Gasteiger partial charge in [-0.3, -0.25) is 0 Å². The maximum Gasteiger partial charge on any atom is 0.363 e. The van der Waals surface area contributed by atoms with E-state index < -0.39 is 23.1 Å². The molecule has 1 aromatic rings. The molecule has 1 aromatic carbocycles. The van der Waals surface area contributed by atoms with E-state index in [1.165, 1.54) is 6.07 Å². The normalized spacial score (nSPS) is 19.0. The van der Waals surface area contributed by atoms with Crippen LogP contribution in [0.5, 0.6) is 0 Å². The number of carbonyl (C=O) groups is 1. The van der Waals surface area contributed by atoms with Crippen molar-refractivity contribution in [3.63, 3.8) is 0 Å². The largest absolute Gasteiger partial charge is 0.476 e. The van der Waals surface area contributed by atoms with Gasteiger partial charge in [0, 0.05) is 29.5 Å². The van der Waals surface area contributed by atoms with E-state index in [1.54, 1.807) is 4.90 Å². The molecule has 1 aliphatic heterocycles. The lowest BCUT2D eigenvalue weighted by molar-refractivity contribution is -0.130. The summed E-state index contributed by atoms with van der Waals surface area (Å²) in [5, 5.41) is 12.6. The molecule has 0 amide bonds. The lowest BCUT2D eigenvalue weighted by Gasteiger charge is -2.36. The van der Waals surface area contributed by atoms with Gasteiger partial charge in [-0.2, -0.15) is 0 Å². The molecule has 0 radical (unpaired) electrons. The zero-order valence-corrected chi connectivity index (χ0v) is 17.1. The first-order valence-corrected chi connectivity index (χ1v) is 9.69. The van der Waals surface area contributed by atoms with E-state index in [9.17, 15) is 18.7 Å². The van der Waals surface area contributed by atoms with Crippen molar-refractivity contribution in [2.75, 3.05) is 13.2 Å². The Bertz CT molecular complexity index is 835. The molecule has 3 rings (SSSR count). The van der Waals surface area contributed by atoms with Crippen LogP contribution in [-0.2, 0) is 17.6 Å². The number of thiocarbonyl (C=S) groups is 1. The van der Waals surface area contributed by atoms with Crippen molar-refractivity contribution in [3.8, 4) is 0 Å². The van der Waals surface area contributed by atoms with Crippen LogP contribution < -0.4 is 5.32 Å². The molecular weight excluding hydrogens is 384 g/mol. The maximum absolute atomic E-state index is 14.0. The number of hydrogen-bond acceptors (Lipinski definition) is 4. The minimum absolute atomic E-state index is 0.119. The van der Waals surface area contributed by atoms with Crippen LogP contribution >= 0.6 is 12.2 Å². The van der Waals surface area contributed by atoms with Gasteiger partial charge in [-0.25, -0.2) is 13.6 Å². The second kappa shape index (κ2) is 7.66. The Morgan fingerprint density at radius 2 is 2.11 bits per heavy atom. The number of nitrogens with zero attached hydrogens (tertiary/aromatic N) is 2. The van der Waals surface area contributed by atoms with Gasteiger partial charge in [-0.05, 0) is 57.2 Å². The molecule has 2 aliphatic rings. The number of rotatable bonds is 3. The van der Waals surface area contributed by atoms with Gasteiger partial charge in [0.2, 0.25) is 0 Å². The Morgan fingerprint density at radius 1 is 1.39 bits per heavy atom. The van der Waals surface area contributed by atoms with E-state index >= 15 is 0 Å². The van der Waals surface area contributed by atoms with Gasteiger partial charge in [0.15, 0.2) is 4.99 Å². The topological polar surface area (TPSA) is 55.8 Å². The second-order valence-corrected chi connectivity index (χ2v) is 8.68. The predicted molar refractivity (Wildman–Crippen MR) is 107 cm³/mol. The van der Waals surface area contributed by atoms with Crippen molar-refractivity contribution in [2.45, 2.75) is 51.6 Å². The van der Waals surface area contributed by atoms with E-state index in [4.69, 9.17) is 12.2 Å². The highest BCUT2D eigenvalue weighted by atomic mass is 32.1. The Morgan fingerprint density at radius 3 is 2.75 bits per heavy atom. The minimum Gasteiger partial charge on any atom is -0.476 e. The first kappa shape index (κ1) is 20.5. The molecular formula is C20H25F2N3O2S. The highest BCUT2D eigenvalue weighted by molar-refractivity contribution is 7.81. The Kier molecular flexibility index (Phi) is 5.61. The molecule has 0 bridgehead atoms. The Labute approximate surface area is 169 Å². The van der Waals surface area contributed by atoms with Gasteiger partial charge < -0.3 is 20.2 Å². The van der Waals surface area contributed by atoms with Crippen LogP contribution in [0.15, 0.2) is 24.0 Å². The summed E-state index contributed by atoms with van der Waals surface area (Å²) < 4.78 is 27.5. The van der Waals surface area contributed by atoms with Gasteiger partial charge >= 0.3 is 5.97 Å². The summed E-state index contributed by atoms with van der Waals surface area (Å²) >= 11 is 5.09. The number of carboxylic acids is 1. The summed E-state index contributed by atoms with van der Waals surface area (Å²) in [6.07, 6.45) is 3.89. The van der Waals surface area contributed by atoms with Crippen molar-refractivity contribution >= 4 is 23.2 Å². The number of halogens is 2. The molecule has 5 nitrogen and oxygen atoms in total. The number of aliphatic carboxylic acids is 1. The quantitative estimate of drug-likeness (QED) is 0.749. The Hall–Kier alpha value is -2.22. The first-order chi connectivity index (χ1) is 13.1. The summed E-state index contributed by atoms with van der Waals surface area (Å²) in [5.41, 5.74) is 1.76. The van der Waals surface area contributed by atoms with Gasteiger partial charge in [0.25, 0.3) is 0 Å². The maximum atomic E-state index is 14.0. The predicted octanol–water partition coefficient (Wildman–Crippen LogP) is 3.04. The van der Waals surface area contributed by atoms with Crippen LogP contribution in [0, 0.1) is 11.6 Å². The summed E-state index contributed by atoms with van der Waals surface area (Å²) in [6, 6.07) is 2.50. The summed E-state index contributed by atoms with van der Waals surface area (Å²) in [5.74, 6) is -2.13. The fourth-order valence-corrected chi connectivity index (χ4v) is 4.12. The Balaban J connectivity index is 1.73. The molecule has 0 unspecified atom stereocenters. The zero-order chi connectivity index (χ0) is 20.6. The van der Waals surface area contributed by atoms with Crippen molar-refractivity contribution in [3.05, 3.63) is 46.8 Å². The lowest BCUT2D eigenvalue weighted by Crippen LogP contribution is -2.49. The molecule has 28 heavy (non-hydrogen) atoms. The van der Waals surface area contributed by atoms with Crippen molar-refractivity contribution < 1.29 is 18.7 Å². The van der Waals surface area contributed by atoms with Crippen molar-refractivity contribution in [1.29, 1.82) is 0 Å². The van der Waals surface area contributed by atoms with Crippen LogP contribution in [0.1, 0.15) is 38.3 Å². The van der Waals surface area contributed by atoms with Gasteiger partial charge in [0.05, 0.1) is 13.2 Å². The SMILES string of the molecule is CC(C)(C)N(CC1=CN([C@H]2CCc3c(F)cc(F)cc3C2)CN1)C(=S)C(=O)O. The molecule has 152 valence electrons. The molecule has 1 atom stereocenters. The van der Waals surface area contributed by atoms with Crippen LogP contribution in [-0.4, -0.2) is 50.7 Å². The average Bonchev–Trinajstić information content (AvgIpc) is 3.06. The molecule has 0 saturated carbocycles. The van der Waals surface area contributed by atoms with E-state index in [1.807, 2.05) is 27.0 Å². The molecule has 0 fully saturated rings. The number of fused-ring (bicyclic) bond motifs is 1. The van der Waals surface area contributed by atoms with Crippen LogP contribution in [0.25, 0.3) is 0 Å². The standard InChI is InChI=1S/C20H25F2N3O2S/c1-20(2,3)25(18(28)19(26)27)10-14-9-24(11-23-14)15-4-5-16-12(7-15)6-13(21)8-17(16)22/h6,8-9,15,23H,4-5,7,10-11H2,1-3H3,(H,26,27)/t15-/m0/s1. The molecule has 1 heterocycles. The number of carboxylic acid groups (broad SMARTS) is 1. The monoisotopic (exact) mass is 409 g/mol. The minimum atomic E-state index is -1.12. The second-order valence-electron chi connectivity index (χ2n) is 8.29. The van der Waals surface area contributed by atoms with E-state index in [-0.39, 0.29) is 11.0 Å². The fraction of sp³-hybridized carbons (Fsp3) is 0.500. The van der Waals surface area contributed by atoms with Crippen LogP contribution in [0.2, 0.25) is 0 Å². The third-order valence-electron chi connectivity index (χ3n) is 5.28. The highest BCUT2D eigenvalue weighted by Crippen LogP contribution is 2.29. The highest BCUT2D eigenvalue weighted by Gasteiger charge is 2.31.